The van der Waals surface area contributed by atoms with E-state index in [-0.39, 0.29) is 12.6 Å². The van der Waals surface area contributed by atoms with E-state index >= 15 is 0 Å². The number of unbranched alkanes of at least 4 members (excludes halogenated alkanes) is 1. The molecule has 1 heterocycles. The summed E-state index contributed by atoms with van der Waals surface area (Å²) < 4.78 is 11.2. The van der Waals surface area contributed by atoms with Crippen LogP contribution in [0.4, 0.5) is 0 Å². The van der Waals surface area contributed by atoms with Crippen molar-refractivity contribution in [2.24, 2.45) is 11.7 Å². The second kappa shape index (κ2) is 12.5. The highest BCUT2D eigenvalue weighted by Crippen LogP contribution is 2.22. The van der Waals surface area contributed by atoms with Crippen molar-refractivity contribution in [3.63, 3.8) is 0 Å². The van der Waals surface area contributed by atoms with Crippen LogP contribution in [0.1, 0.15) is 43.2 Å². The molecule has 1 aliphatic heterocycles. The molecule has 31 heavy (non-hydrogen) atoms. The maximum absolute atomic E-state index is 12.1. The standard InChI is InChI=1S/C26H36N2O3/c1-28-16-14-21(15-17-28)7-5-6-18-30-24-12-10-22(11-13-24)19-25(27)26(29)31-20-23-8-3-2-4-9-23/h2-4,8-13,21,25H,5-7,14-20,27H2,1H3/t25-/m0/s1. The number of esters is 1. The average molecular weight is 425 g/mol. The van der Waals surface area contributed by atoms with Crippen molar-refractivity contribution < 1.29 is 14.3 Å². The van der Waals surface area contributed by atoms with Gasteiger partial charge in [-0.05, 0) is 81.4 Å². The zero-order valence-electron chi connectivity index (χ0n) is 18.7. The van der Waals surface area contributed by atoms with Gasteiger partial charge in [0.2, 0.25) is 0 Å². The number of piperidine rings is 1. The van der Waals surface area contributed by atoms with Crippen LogP contribution in [0.25, 0.3) is 0 Å². The molecule has 0 spiro atoms. The highest BCUT2D eigenvalue weighted by Gasteiger charge is 2.17. The molecule has 1 atom stereocenters. The quantitative estimate of drug-likeness (QED) is 0.433. The normalized spacial score (nSPS) is 16.1. The van der Waals surface area contributed by atoms with Crippen LogP contribution >= 0.6 is 0 Å². The molecule has 2 aromatic rings. The Morgan fingerprint density at radius 2 is 1.74 bits per heavy atom. The molecular weight excluding hydrogens is 388 g/mol. The van der Waals surface area contributed by atoms with Crippen LogP contribution in [0.5, 0.6) is 5.75 Å². The molecule has 5 nitrogen and oxygen atoms in total. The molecule has 1 fully saturated rings. The number of carbonyl (C=O) groups excluding carboxylic acids is 1. The summed E-state index contributed by atoms with van der Waals surface area (Å²) in [4.78, 5) is 14.6. The van der Waals surface area contributed by atoms with Gasteiger partial charge in [0.25, 0.3) is 0 Å². The third-order valence-electron chi connectivity index (χ3n) is 6.02. The first-order valence-electron chi connectivity index (χ1n) is 11.5. The monoisotopic (exact) mass is 424 g/mol. The minimum Gasteiger partial charge on any atom is -0.494 e. The predicted octanol–water partition coefficient (Wildman–Crippen LogP) is 4.19. The highest BCUT2D eigenvalue weighted by atomic mass is 16.5. The molecule has 0 radical (unpaired) electrons. The van der Waals surface area contributed by atoms with E-state index in [2.05, 4.69) is 11.9 Å². The first-order chi connectivity index (χ1) is 15.1. The van der Waals surface area contributed by atoms with E-state index in [1.807, 2.05) is 54.6 Å². The van der Waals surface area contributed by atoms with Crippen molar-refractivity contribution in [2.45, 2.75) is 51.2 Å². The molecule has 168 valence electrons. The lowest BCUT2D eigenvalue weighted by Crippen LogP contribution is -2.34. The zero-order valence-corrected chi connectivity index (χ0v) is 18.7. The fraction of sp³-hybridized carbons (Fsp3) is 0.500. The van der Waals surface area contributed by atoms with E-state index in [9.17, 15) is 4.79 Å². The second-order valence-corrected chi connectivity index (χ2v) is 8.64. The summed E-state index contributed by atoms with van der Waals surface area (Å²) >= 11 is 0. The summed E-state index contributed by atoms with van der Waals surface area (Å²) in [6, 6.07) is 16.8. The summed E-state index contributed by atoms with van der Waals surface area (Å²) in [5, 5.41) is 0. The Hall–Kier alpha value is -2.37. The lowest BCUT2D eigenvalue weighted by Gasteiger charge is -2.28. The molecule has 2 aromatic carbocycles. The SMILES string of the molecule is CN1CCC(CCCCOc2ccc(C[C@H](N)C(=O)OCc3ccccc3)cc2)CC1. The number of hydrogen-bond donors (Lipinski definition) is 1. The van der Waals surface area contributed by atoms with Crippen molar-refractivity contribution in [1.29, 1.82) is 0 Å². The lowest BCUT2D eigenvalue weighted by atomic mass is 9.92. The van der Waals surface area contributed by atoms with Gasteiger partial charge >= 0.3 is 5.97 Å². The van der Waals surface area contributed by atoms with Gasteiger partial charge in [-0.2, -0.15) is 0 Å². The number of hydrogen-bond acceptors (Lipinski definition) is 5. The molecule has 0 aromatic heterocycles. The summed E-state index contributed by atoms with van der Waals surface area (Å²) in [6.07, 6.45) is 6.75. The fourth-order valence-electron chi connectivity index (χ4n) is 3.97. The third-order valence-corrected chi connectivity index (χ3v) is 6.02. The minimum atomic E-state index is -0.671. The van der Waals surface area contributed by atoms with Crippen LogP contribution in [0.3, 0.4) is 0 Å². The molecule has 0 bridgehead atoms. The Kier molecular flexibility index (Phi) is 9.38. The predicted molar refractivity (Wildman–Crippen MR) is 124 cm³/mol. The maximum Gasteiger partial charge on any atom is 0.323 e. The van der Waals surface area contributed by atoms with E-state index in [4.69, 9.17) is 15.2 Å². The number of likely N-dealkylation sites (tertiary alicyclic amines) is 1. The van der Waals surface area contributed by atoms with Gasteiger partial charge in [-0.15, -0.1) is 0 Å². The zero-order chi connectivity index (χ0) is 21.9. The smallest absolute Gasteiger partial charge is 0.323 e. The number of carbonyl (C=O) groups is 1. The number of benzene rings is 2. The third kappa shape index (κ3) is 8.35. The van der Waals surface area contributed by atoms with Gasteiger partial charge in [0, 0.05) is 0 Å². The van der Waals surface area contributed by atoms with E-state index in [1.54, 1.807) is 0 Å². The van der Waals surface area contributed by atoms with Gasteiger partial charge in [0.05, 0.1) is 6.61 Å². The highest BCUT2D eigenvalue weighted by molar-refractivity contribution is 5.75. The number of nitrogens with two attached hydrogens (primary N) is 1. The molecule has 0 saturated carbocycles. The van der Waals surface area contributed by atoms with Gasteiger partial charge in [-0.25, -0.2) is 0 Å². The van der Waals surface area contributed by atoms with Crippen LogP contribution < -0.4 is 10.5 Å². The van der Waals surface area contributed by atoms with Gasteiger partial charge in [-0.3, -0.25) is 4.79 Å². The van der Waals surface area contributed by atoms with Crippen molar-refractivity contribution in [3.8, 4) is 5.75 Å². The summed E-state index contributed by atoms with van der Waals surface area (Å²) in [5.41, 5.74) is 7.98. The summed E-state index contributed by atoms with van der Waals surface area (Å²) in [6.45, 7) is 3.47. The molecule has 1 saturated heterocycles. The van der Waals surface area contributed by atoms with Gasteiger partial charge < -0.3 is 20.1 Å². The fourth-order valence-corrected chi connectivity index (χ4v) is 3.97. The van der Waals surface area contributed by atoms with Crippen LogP contribution in [-0.2, 0) is 22.6 Å². The minimum absolute atomic E-state index is 0.248. The number of ether oxygens (including phenoxy) is 2. The van der Waals surface area contributed by atoms with Crippen molar-refractivity contribution in [2.75, 3.05) is 26.7 Å². The Balaban J connectivity index is 1.30. The number of rotatable bonds is 11. The van der Waals surface area contributed by atoms with Crippen LogP contribution in [0, 0.1) is 5.92 Å². The molecule has 5 heteroatoms. The van der Waals surface area contributed by atoms with Gasteiger partial charge in [-0.1, -0.05) is 48.9 Å². The van der Waals surface area contributed by atoms with E-state index in [0.717, 1.165) is 35.8 Å². The van der Waals surface area contributed by atoms with Crippen molar-refractivity contribution in [3.05, 3.63) is 65.7 Å². The van der Waals surface area contributed by atoms with Crippen LogP contribution in [0.15, 0.2) is 54.6 Å². The first kappa shape index (κ1) is 23.3. The molecule has 2 N–H and O–H groups in total. The maximum atomic E-state index is 12.1. The summed E-state index contributed by atoms with van der Waals surface area (Å²) in [7, 11) is 2.21. The van der Waals surface area contributed by atoms with Crippen molar-refractivity contribution >= 4 is 5.97 Å². The Morgan fingerprint density at radius 3 is 2.45 bits per heavy atom. The number of nitrogens with zero attached hydrogens (tertiary/aromatic N) is 1. The molecule has 0 unspecified atom stereocenters. The average Bonchev–Trinajstić information content (AvgIpc) is 2.80. The van der Waals surface area contributed by atoms with Crippen LogP contribution in [-0.4, -0.2) is 43.7 Å². The van der Waals surface area contributed by atoms with Crippen molar-refractivity contribution in [1.82, 2.24) is 4.90 Å². The van der Waals surface area contributed by atoms with Crippen LogP contribution in [0.2, 0.25) is 0 Å². The Labute approximate surface area is 186 Å². The second-order valence-electron chi connectivity index (χ2n) is 8.64. The first-order valence-corrected chi connectivity index (χ1v) is 11.5. The Bertz CT molecular complexity index is 771. The lowest BCUT2D eigenvalue weighted by molar-refractivity contribution is -0.146. The summed E-state index contributed by atoms with van der Waals surface area (Å²) in [5.74, 6) is 1.37. The van der Waals surface area contributed by atoms with E-state index < -0.39 is 6.04 Å². The topological polar surface area (TPSA) is 64.8 Å². The molecule has 3 rings (SSSR count). The van der Waals surface area contributed by atoms with E-state index in [1.165, 1.54) is 38.8 Å². The van der Waals surface area contributed by atoms with E-state index in [0.29, 0.717) is 6.42 Å². The molecule has 1 aliphatic rings. The Morgan fingerprint density at radius 1 is 1.03 bits per heavy atom. The van der Waals surface area contributed by atoms with Gasteiger partial charge in [0.1, 0.15) is 18.4 Å². The van der Waals surface area contributed by atoms with Gasteiger partial charge in [0.15, 0.2) is 0 Å². The molecular formula is C26H36N2O3. The molecule has 0 amide bonds. The largest absolute Gasteiger partial charge is 0.494 e. The molecule has 0 aliphatic carbocycles.